The van der Waals surface area contributed by atoms with Gasteiger partial charge in [-0.1, -0.05) is 80.6 Å². The van der Waals surface area contributed by atoms with Crippen LogP contribution >= 0.6 is 0 Å². The molecule has 47 heavy (non-hydrogen) atoms. The summed E-state index contributed by atoms with van der Waals surface area (Å²) in [5.74, 6) is -1.17. The Morgan fingerprint density at radius 2 is 1.64 bits per heavy atom. The second-order valence-electron chi connectivity index (χ2n) is 11.8. The summed E-state index contributed by atoms with van der Waals surface area (Å²) >= 11 is 0. The largest absolute Gasteiger partial charge is 0.459 e. The third-order valence-corrected chi connectivity index (χ3v) is 7.85. The maximum atomic E-state index is 12.9. The molecule has 1 fully saturated rings. The number of ether oxygens (including phenoxy) is 4. The molecule has 248 valence electrons. The number of hydrogen-bond acceptors (Lipinski definition) is 9. The molecule has 0 radical (unpaired) electrons. The molecule has 4 rings (SSSR count). The van der Waals surface area contributed by atoms with Crippen LogP contribution in [0.2, 0.25) is 0 Å². The quantitative estimate of drug-likeness (QED) is 0.111. The summed E-state index contributed by atoms with van der Waals surface area (Å²) in [7, 11) is 0. The van der Waals surface area contributed by atoms with Gasteiger partial charge in [0.2, 0.25) is 12.2 Å². The number of nitrogens with two attached hydrogens (primary N) is 1. The topological polar surface area (TPSA) is 141 Å². The van der Waals surface area contributed by atoms with Crippen LogP contribution in [-0.2, 0) is 25.4 Å². The maximum Gasteiger partial charge on any atom is 0.338 e. The first-order valence-electron chi connectivity index (χ1n) is 15.9. The summed E-state index contributed by atoms with van der Waals surface area (Å²) in [6.45, 7) is 5.92. The van der Waals surface area contributed by atoms with E-state index >= 15 is 0 Å². The smallest absolute Gasteiger partial charge is 0.338 e. The third-order valence-electron chi connectivity index (χ3n) is 7.85. The lowest BCUT2D eigenvalue weighted by atomic mass is 9.94. The van der Waals surface area contributed by atoms with E-state index in [1.165, 1.54) is 0 Å². The number of aliphatic hydroxyl groups is 1. The molecular formula is C38H44N2O7. The number of allylic oxidation sites excluding steroid dienone is 1. The zero-order chi connectivity index (χ0) is 33.8. The van der Waals surface area contributed by atoms with Gasteiger partial charge in [-0.2, -0.15) is 0 Å². The molecule has 3 aromatic rings. The fourth-order valence-electron chi connectivity index (χ4n) is 5.20. The minimum atomic E-state index is -0.958. The second kappa shape index (κ2) is 17.3. The standard InChI is InChI=1S/C38H44N2O7/c1-25(2)35(39)33(21-30-18-17-27(20-26(30)3)12-10-11-19-41)36(40)47-34-23-31(46-38(43)29-15-8-5-9-16-29)22-32(45-34)24-44-37(42)28-13-6-4-7-14-28/h4-10,12-18,20,25,31-32,34,40-41H,11,19,21-24,39H2,1-3H3/b12-10+,35-33-,40-36?. The lowest BCUT2D eigenvalue weighted by Gasteiger charge is -2.35. The number of hydrogen-bond donors (Lipinski definition) is 3. The van der Waals surface area contributed by atoms with E-state index < -0.39 is 30.4 Å². The van der Waals surface area contributed by atoms with E-state index in [4.69, 9.17) is 35.2 Å². The van der Waals surface area contributed by atoms with Gasteiger partial charge in [-0.05, 0) is 60.2 Å². The first-order chi connectivity index (χ1) is 22.6. The molecule has 4 N–H and O–H groups in total. The number of benzene rings is 3. The highest BCUT2D eigenvalue weighted by Gasteiger charge is 2.35. The van der Waals surface area contributed by atoms with Crippen LogP contribution in [0, 0.1) is 18.3 Å². The van der Waals surface area contributed by atoms with Crippen LogP contribution in [0.1, 0.15) is 70.5 Å². The summed E-state index contributed by atoms with van der Waals surface area (Å²) in [6, 6.07) is 23.4. The van der Waals surface area contributed by atoms with Crippen molar-refractivity contribution in [2.45, 2.75) is 65.0 Å². The van der Waals surface area contributed by atoms with Gasteiger partial charge in [0, 0.05) is 37.1 Å². The van der Waals surface area contributed by atoms with E-state index in [1.54, 1.807) is 48.5 Å². The van der Waals surface area contributed by atoms with Crippen LogP contribution in [0.25, 0.3) is 6.08 Å². The number of aryl methyl sites for hydroxylation is 1. The van der Waals surface area contributed by atoms with E-state index in [9.17, 15) is 9.59 Å². The van der Waals surface area contributed by atoms with Crippen LogP contribution in [0.15, 0.2) is 96.2 Å². The summed E-state index contributed by atoms with van der Waals surface area (Å²) < 4.78 is 23.7. The first kappa shape index (κ1) is 35.1. The monoisotopic (exact) mass is 640 g/mol. The normalized spacial score (nSPS) is 18.4. The van der Waals surface area contributed by atoms with Crippen molar-refractivity contribution in [3.8, 4) is 0 Å². The Hall–Kier alpha value is -4.73. The Kier molecular flexibility index (Phi) is 12.9. The lowest BCUT2D eigenvalue weighted by molar-refractivity contribution is -0.190. The molecule has 0 saturated carbocycles. The van der Waals surface area contributed by atoms with Gasteiger partial charge >= 0.3 is 11.9 Å². The highest BCUT2D eigenvalue weighted by Crippen LogP contribution is 2.27. The summed E-state index contributed by atoms with van der Waals surface area (Å²) in [5, 5.41) is 18.1. The van der Waals surface area contributed by atoms with E-state index in [1.807, 2.05) is 63.3 Å². The second-order valence-corrected chi connectivity index (χ2v) is 11.8. The predicted octanol–water partition coefficient (Wildman–Crippen LogP) is 6.38. The zero-order valence-corrected chi connectivity index (χ0v) is 27.2. The lowest BCUT2D eigenvalue weighted by Crippen LogP contribution is -2.42. The Morgan fingerprint density at radius 1 is 0.979 bits per heavy atom. The zero-order valence-electron chi connectivity index (χ0n) is 27.2. The number of carbonyl (C=O) groups is 2. The third kappa shape index (κ3) is 10.4. The average molecular weight is 641 g/mol. The molecule has 1 saturated heterocycles. The maximum absolute atomic E-state index is 12.9. The molecule has 0 bridgehead atoms. The van der Waals surface area contributed by atoms with Crippen molar-refractivity contribution in [1.82, 2.24) is 0 Å². The molecule has 1 aliphatic heterocycles. The fraction of sp³-hybridized carbons (Fsp3) is 0.342. The number of carbonyl (C=O) groups excluding carboxylic acids is 2. The summed E-state index contributed by atoms with van der Waals surface area (Å²) in [6.07, 6.45) is 3.07. The number of esters is 2. The average Bonchev–Trinajstić information content (AvgIpc) is 3.07. The number of nitrogens with one attached hydrogen (secondary N) is 1. The molecule has 0 spiro atoms. The van der Waals surface area contributed by atoms with E-state index in [0.29, 0.717) is 35.2 Å². The highest BCUT2D eigenvalue weighted by atomic mass is 16.7. The minimum absolute atomic E-state index is 0.0491. The highest BCUT2D eigenvalue weighted by molar-refractivity contribution is 5.92. The van der Waals surface area contributed by atoms with E-state index in [0.717, 1.165) is 16.7 Å². The Balaban J connectivity index is 1.51. The molecule has 1 heterocycles. The van der Waals surface area contributed by atoms with E-state index in [-0.39, 0.29) is 37.9 Å². The molecule has 3 aromatic carbocycles. The number of aliphatic hydroxyl groups excluding tert-OH is 1. The molecule has 0 aromatic heterocycles. The summed E-state index contributed by atoms with van der Waals surface area (Å²) in [4.78, 5) is 25.6. The van der Waals surface area contributed by atoms with Gasteiger partial charge in [0.05, 0.1) is 17.2 Å². The van der Waals surface area contributed by atoms with Gasteiger partial charge in [0.25, 0.3) is 0 Å². The molecule has 3 unspecified atom stereocenters. The van der Waals surface area contributed by atoms with E-state index in [2.05, 4.69) is 0 Å². The van der Waals surface area contributed by atoms with Crippen LogP contribution in [0.4, 0.5) is 0 Å². The number of rotatable bonds is 13. The van der Waals surface area contributed by atoms with Crippen molar-refractivity contribution in [2.75, 3.05) is 13.2 Å². The minimum Gasteiger partial charge on any atom is -0.459 e. The van der Waals surface area contributed by atoms with Crippen LogP contribution < -0.4 is 5.73 Å². The molecule has 9 heteroatoms. The van der Waals surface area contributed by atoms with Crippen LogP contribution in [0.3, 0.4) is 0 Å². The van der Waals surface area contributed by atoms with Crippen molar-refractivity contribution < 1.29 is 33.6 Å². The van der Waals surface area contributed by atoms with Gasteiger partial charge in [-0.15, -0.1) is 0 Å². The summed E-state index contributed by atoms with van der Waals surface area (Å²) in [5.41, 5.74) is 11.5. The van der Waals surface area contributed by atoms with Gasteiger partial charge in [-0.25, -0.2) is 9.59 Å². The Bertz CT molecular complexity index is 1570. The van der Waals surface area contributed by atoms with Gasteiger partial charge in [0.1, 0.15) is 12.7 Å². The van der Waals surface area contributed by atoms with Crippen LogP contribution in [-0.4, -0.2) is 54.7 Å². The predicted molar refractivity (Wildman–Crippen MR) is 181 cm³/mol. The first-order valence-corrected chi connectivity index (χ1v) is 15.9. The Morgan fingerprint density at radius 3 is 2.26 bits per heavy atom. The van der Waals surface area contributed by atoms with Crippen molar-refractivity contribution >= 4 is 23.9 Å². The van der Waals surface area contributed by atoms with Gasteiger partial charge < -0.3 is 29.8 Å². The van der Waals surface area contributed by atoms with Gasteiger partial charge in [-0.3, -0.25) is 5.41 Å². The van der Waals surface area contributed by atoms with Crippen molar-refractivity contribution in [1.29, 1.82) is 5.41 Å². The molecule has 1 aliphatic rings. The molecule has 0 amide bonds. The van der Waals surface area contributed by atoms with Crippen molar-refractivity contribution in [3.63, 3.8) is 0 Å². The SMILES string of the molecule is Cc1cc(/C=C/CCO)ccc1C/C(C(=N)OC1CC(OC(=O)c2ccccc2)CC(COC(=O)c2ccccc2)O1)=C(/N)C(C)C. The van der Waals surface area contributed by atoms with Gasteiger partial charge in [0.15, 0.2) is 0 Å². The molecular weight excluding hydrogens is 596 g/mol. The fourth-order valence-corrected chi connectivity index (χ4v) is 5.20. The Labute approximate surface area is 276 Å². The molecule has 0 aliphatic carbocycles. The van der Waals surface area contributed by atoms with Crippen molar-refractivity contribution in [2.24, 2.45) is 11.7 Å². The van der Waals surface area contributed by atoms with Crippen LogP contribution in [0.5, 0.6) is 0 Å². The molecule has 9 nitrogen and oxygen atoms in total. The van der Waals surface area contributed by atoms with Crippen molar-refractivity contribution in [3.05, 3.63) is 124 Å². The molecule has 3 atom stereocenters.